The number of hydrogen-bond donors (Lipinski definition) is 1. The lowest BCUT2D eigenvalue weighted by Gasteiger charge is -2.25. The molecule has 0 saturated heterocycles. The quantitative estimate of drug-likeness (QED) is 0.736. The fourth-order valence-corrected chi connectivity index (χ4v) is 3.35. The number of carbonyl (C=O) groups is 1. The zero-order chi connectivity index (χ0) is 19.3. The minimum Gasteiger partial charge on any atom is -0.497 e. The van der Waals surface area contributed by atoms with Gasteiger partial charge in [0.15, 0.2) is 0 Å². The van der Waals surface area contributed by atoms with Gasteiger partial charge in [-0.05, 0) is 72.0 Å². The monoisotopic (exact) mass is 374 g/mol. The third-order valence-electron chi connectivity index (χ3n) is 4.92. The molecule has 1 amide bonds. The molecule has 1 atom stereocenters. The van der Waals surface area contributed by atoms with Crippen LogP contribution in [-0.2, 0) is 17.6 Å². The van der Waals surface area contributed by atoms with E-state index in [0.29, 0.717) is 13.0 Å². The lowest BCUT2D eigenvalue weighted by Crippen LogP contribution is -2.32. The number of pyridine rings is 1. The van der Waals surface area contributed by atoms with Crippen molar-refractivity contribution in [1.29, 1.82) is 0 Å². The van der Waals surface area contributed by atoms with Crippen LogP contribution in [0.25, 0.3) is 0 Å². The highest BCUT2D eigenvalue weighted by molar-refractivity contribution is 5.93. The maximum absolute atomic E-state index is 12.7. The summed E-state index contributed by atoms with van der Waals surface area (Å²) >= 11 is 0. The number of nitrogens with one attached hydrogen (secondary N) is 1. The lowest BCUT2D eigenvalue weighted by molar-refractivity contribution is -0.121. The summed E-state index contributed by atoms with van der Waals surface area (Å²) < 4.78 is 11.0. The van der Waals surface area contributed by atoms with E-state index < -0.39 is 0 Å². The summed E-state index contributed by atoms with van der Waals surface area (Å²) in [6.07, 6.45) is 5.07. The van der Waals surface area contributed by atoms with Gasteiger partial charge in [-0.2, -0.15) is 0 Å². The molecule has 4 rings (SSSR count). The molecule has 142 valence electrons. The topological polar surface area (TPSA) is 60.5 Å². The first-order chi connectivity index (χ1) is 13.7. The van der Waals surface area contributed by atoms with Crippen molar-refractivity contribution in [3.8, 4) is 11.5 Å². The molecule has 1 aliphatic heterocycles. The van der Waals surface area contributed by atoms with Crippen LogP contribution in [0.1, 0.15) is 16.7 Å². The Morgan fingerprint density at radius 1 is 1.11 bits per heavy atom. The number of ether oxygens (including phenoxy) is 2. The van der Waals surface area contributed by atoms with Crippen LogP contribution in [0.4, 0.5) is 5.69 Å². The van der Waals surface area contributed by atoms with Crippen LogP contribution in [0.3, 0.4) is 0 Å². The average Bonchev–Trinajstić information content (AvgIpc) is 2.75. The van der Waals surface area contributed by atoms with Crippen molar-refractivity contribution in [2.24, 2.45) is 5.92 Å². The number of hydrogen-bond acceptors (Lipinski definition) is 4. The van der Waals surface area contributed by atoms with E-state index in [1.165, 1.54) is 11.1 Å². The Labute approximate surface area is 164 Å². The van der Waals surface area contributed by atoms with E-state index >= 15 is 0 Å². The fourth-order valence-electron chi connectivity index (χ4n) is 3.35. The molecule has 0 aliphatic carbocycles. The molecule has 0 fully saturated rings. The summed E-state index contributed by atoms with van der Waals surface area (Å²) in [7, 11) is 1.63. The normalized spacial score (nSPS) is 15.2. The van der Waals surface area contributed by atoms with Crippen molar-refractivity contribution < 1.29 is 14.3 Å². The molecular weight excluding hydrogens is 352 g/mol. The van der Waals surface area contributed by atoms with Gasteiger partial charge in [-0.25, -0.2) is 0 Å². The van der Waals surface area contributed by atoms with Gasteiger partial charge < -0.3 is 14.8 Å². The molecule has 5 nitrogen and oxygen atoms in total. The van der Waals surface area contributed by atoms with Crippen molar-refractivity contribution in [3.63, 3.8) is 0 Å². The average molecular weight is 374 g/mol. The van der Waals surface area contributed by atoms with Crippen LogP contribution >= 0.6 is 0 Å². The van der Waals surface area contributed by atoms with E-state index in [-0.39, 0.29) is 11.8 Å². The van der Waals surface area contributed by atoms with Crippen molar-refractivity contribution in [2.45, 2.75) is 12.8 Å². The van der Waals surface area contributed by atoms with Gasteiger partial charge >= 0.3 is 0 Å². The van der Waals surface area contributed by atoms with Crippen molar-refractivity contribution in [3.05, 3.63) is 83.7 Å². The van der Waals surface area contributed by atoms with E-state index in [1.54, 1.807) is 19.5 Å². The molecule has 0 spiro atoms. The molecule has 0 bridgehead atoms. The number of benzene rings is 2. The molecule has 5 heteroatoms. The van der Waals surface area contributed by atoms with Gasteiger partial charge in [0.1, 0.15) is 18.1 Å². The summed E-state index contributed by atoms with van der Waals surface area (Å²) in [6, 6.07) is 17.7. The zero-order valence-electron chi connectivity index (χ0n) is 15.7. The van der Waals surface area contributed by atoms with Crippen LogP contribution in [0.15, 0.2) is 67.0 Å². The number of amides is 1. The third-order valence-corrected chi connectivity index (χ3v) is 4.92. The summed E-state index contributed by atoms with van der Waals surface area (Å²) in [5, 5.41) is 3.00. The fraction of sp³-hybridized carbons (Fsp3) is 0.217. The SMILES string of the molecule is COc1ccc2c(c1)CC(C(=O)Nc1ccc(Cc3ccncc3)cc1)CO2. The second-order valence-corrected chi connectivity index (χ2v) is 6.90. The number of fused-ring (bicyclic) bond motifs is 1. The lowest BCUT2D eigenvalue weighted by atomic mass is 9.95. The Morgan fingerprint density at radius 3 is 2.61 bits per heavy atom. The zero-order valence-corrected chi connectivity index (χ0v) is 15.7. The Bertz CT molecular complexity index is 955. The number of methoxy groups -OCH3 is 1. The van der Waals surface area contributed by atoms with E-state index in [9.17, 15) is 4.79 Å². The Hall–Kier alpha value is -3.34. The van der Waals surface area contributed by atoms with Gasteiger partial charge in [-0.3, -0.25) is 9.78 Å². The first-order valence-corrected chi connectivity index (χ1v) is 9.29. The smallest absolute Gasteiger partial charge is 0.231 e. The summed E-state index contributed by atoms with van der Waals surface area (Å²) in [5.74, 6) is 1.34. The van der Waals surface area contributed by atoms with Gasteiger partial charge in [0.05, 0.1) is 13.0 Å². The maximum atomic E-state index is 12.7. The van der Waals surface area contributed by atoms with E-state index in [0.717, 1.165) is 29.2 Å². The maximum Gasteiger partial charge on any atom is 0.231 e. The Balaban J connectivity index is 1.38. The molecule has 0 radical (unpaired) electrons. The second-order valence-electron chi connectivity index (χ2n) is 6.90. The third kappa shape index (κ3) is 4.14. The number of anilines is 1. The predicted octanol–water partition coefficient (Wildman–Crippen LogP) is 3.87. The Kier molecular flexibility index (Phi) is 5.24. The van der Waals surface area contributed by atoms with Crippen LogP contribution < -0.4 is 14.8 Å². The molecule has 28 heavy (non-hydrogen) atoms. The van der Waals surface area contributed by atoms with Gasteiger partial charge in [0, 0.05) is 18.1 Å². The molecule has 0 saturated carbocycles. The molecule has 3 aromatic rings. The van der Waals surface area contributed by atoms with Crippen LogP contribution in [-0.4, -0.2) is 24.6 Å². The minimum absolute atomic E-state index is 0.0321. The van der Waals surface area contributed by atoms with Crippen LogP contribution in [0, 0.1) is 5.92 Å². The summed E-state index contributed by atoms with van der Waals surface area (Å²) in [6.45, 7) is 0.380. The highest BCUT2D eigenvalue weighted by Crippen LogP contribution is 2.31. The van der Waals surface area contributed by atoms with Gasteiger partial charge in [0.25, 0.3) is 0 Å². The van der Waals surface area contributed by atoms with Gasteiger partial charge in [0.2, 0.25) is 5.91 Å². The molecule has 2 heterocycles. The van der Waals surface area contributed by atoms with E-state index in [1.807, 2.05) is 54.6 Å². The van der Waals surface area contributed by atoms with Crippen molar-refractivity contribution in [2.75, 3.05) is 19.0 Å². The Morgan fingerprint density at radius 2 is 1.86 bits per heavy atom. The summed E-state index contributed by atoms with van der Waals surface area (Å²) in [4.78, 5) is 16.7. The van der Waals surface area contributed by atoms with Gasteiger partial charge in [-0.1, -0.05) is 12.1 Å². The van der Waals surface area contributed by atoms with Crippen LogP contribution in [0.2, 0.25) is 0 Å². The second kappa shape index (κ2) is 8.13. The molecular formula is C23H22N2O3. The standard InChI is InChI=1S/C23H22N2O3/c1-27-21-6-7-22-18(14-21)13-19(15-28-22)23(26)25-20-4-2-16(3-5-20)12-17-8-10-24-11-9-17/h2-11,14,19H,12-13,15H2,1H3,(H,25,26). The minimum atomic E-state index is -0.226. The highest BCUT2D eigenvalue weighted by Gasteiger charge is 2.26. The van der Waals surface area contributed by atoms with Crippen molar-refractivity contribution >= 4 is 11.6 Å². The molecule has 1 unspecified atom stereocenters. The van der Waals surface area contributed by atoms with Gasteiger partial charge in [-0.15, -0.1) is 0 Å². The van der Waals surface area contributed by atoms with E-state index in [4.69, 9.17) is 9.47 Å². The number of aromatic nitrogens is 1. The number of carbonyl (C=O) groups excluding carboxylic acids is 1. The van der Waals surface area contributed by atoms with Crippen LogP contribution in [0.5, 0.6) is 11.5 Å². The largest absolute Gasteiger partial charge is 0.497 e. The number of rotatable bonds is 5. The molecule has 1 N–H and O–H groups in total. The molecule has 2 aromatic carbocycles. The summed E-state index contributed by atoms with van der Waals surface area (Å²) in [5.41, 5.74) is 4.19. The molecule has 1 aromatic heterocycles. The number of nitrogens with zero attached hydrogens (tertiary/aromatic N) is 1. The first-order valence-electron chi connectivity index (χ1n) is 9.29. The highest BCUT2D eigenvalue weighted by atomic mass is 16.5. The first kappa shape index (κ1) is 18.0. The molecule has 1 aliphatic rings. The van der Waals surface area contributed by atoms with E-state index in [2.05, 4.69) is 10.3 Å². The predicted molar refractivity (Wildman–Crippen MR) is 108 cm³/mol. The van der Waals surface area contributed by atoms with Crippen molar-refractivity contribution in [1.82, 2.24) is 4.98 Å².